The van der Waals surface area contributed by atoms with Crippen LogP contribution in [0.4, 0.5) is 5.69 Å². The van der Waals surface area contributed by atoms with E-state index in [0.29, 0.717) is 11.1 Å². The van der Waals surface area contributed by atoms with E-state index in [1.165, 1.54) is 12.1 Å². The van der Waals surface area contributed by atoms with Crippen molar-refractivity contribution in [2.24, 2.45) is 0 Å². The van der Waals surface area contributed by atoms with Crippen LogP contribution in [0.2, 0.25) is 10.0 Å². The Morgan fingerprint density at radius 3 is 2.43 bits per heavy atom. The number of hydrogen-bond acceptors (Lipinski definition) is 3. The molecule has 110 valence electrons. The Bertz CT molecular complexity index is 710. The number of nitro groups is 1. The number of nitrogens with zero attached hydrogens (tertiary/aromatic N) is 1. The molecule has 0 aliphatic rings. The Morgan fingerprint density at radius 2 is 1.86 bits per heavy atom. The van der Waals surface area contributed by atoms with Crippen LogP contribution in [0.1, 0.15) is 5.56 Å². The third-order valence-corrected chi connectivity index (χ3v) is 4.66. The van der Waals surface area contributed by atoms with Crippen LogP contribution in [0.5, 0.6) is 11.5 Å². The van der Waals surface area contributed by atoms with E-state index < -0.39 is 4.92 Å². The van der Waals surface area contributed by atoms with Gasteiger partial charge >= 0.3 is 5.69 Å². The second kappa shape index (κ2) is 6.96. The Kier molecular flexibility index (Phi) is 5.48. The van der Waals surface area contributed by atoms with Crippen LogP contribution < -0.4 is 4.74 Å². The van der Waals surface area contributed by atoms with Gasteiger partial charge in [-0.25, -0.2) is 0 Å². The molecule has 21 heavy (non-hydrogen) atoms. The van der Waals surface area contributed by atoms with Gasteiger partial charge in [0.1, 0.15) is 5.75 Å². The normalized spacial score (nSPS) is 10.5. The highest BCUT2D eigenvalue weighted by molar-refractivity contribution is 9.10. The Labute approximate surface area is 147 Å². The van der Waals surface area contributed by atoms with Crippen LogP contribution in [0.25, 0.3) is 0 Å². The van der Waals surface area contributed by atoms with Crippen LogP contribution in [0.3, 0.4) is 0 Å². The monoisotopic (exact) mass is 453 g/mol. The van der Waals surface area contributed by atoms with E-state index in [9.17, 15) is 10.1 Å². The van der Waals surface area contributed by atoms with E-state index in [2.05, 4.69) is 31.9 Å². The van der Waals surface area contributed by atoms with E-state index in [-0.39, 0.29) is 21.5 Å². The molecule has 0 saturated carbocycles. The van der Waals surface area contributed by atoms with Gasteiger partial charge in [0.15, 0.2) is 0 Å². The van der Waals surface area contributed by atoms with Gasteiger partial charge in [-0.1, -0.05) is 61.1 Å². The highest BCUT2D eigenvalue weighted by Crippen LogP contribution is 2.38. The lowest BCUT2D eigenvalue weighted by Crippen LogP contribution is -1.94. The fraction of sp³-hybridized carbons (Fsp3) is 0.0769. The Morgan fingerprint density at radius 1 is 1.19 bits per heavy atom. The number of rotatable bonds is 4. The summed E-state index contributed by atoms with van der Waals surface area (Å²) in [7, 11) is 0. The van der Waals surface area contributed by atoms with Crippen molar-refractivity contribution in [3.8, 4) is 11.5 Å². The summed E-state index contributed by atoms with van der Waals surface area (Å²) in [5.74, 6) is 0.487. The molecule has 2 rings (SSSR count). The fourth-order valence-corrected chi connectivity index (χ4v) is 3.24. The molecule has 0 unspecified atom stereocenters. The molecule has 0 radical (unpaired) electrons. The number of alkyl halides is 1. The third-order valence-electron chi connectivity index (χ3n) is 2.59. The number of ether oxygens (including phenoxy) is 1. The van der Waals surface area contributed by atoms with Crippen LogP contribution in [0.15, 0.2) is 34.8 Å². The Balaban J connectivity index is 2.41. The number of nitro benzene ring substituents is 1. The zero-order valence-corrected chi connectivity index (χ0v) is 15.0. The quantitative estimate of drug-likeness (QED) is 0.306. The second-order valence-electron chi connectivity index (χ2n) is 3.98. The minimum absolute atomic E-state index is 0.0351. The SMILES string of the molecule is O=[N+]([O-])c1cc(Cl)c(Cl)cc1Oc1ccc(CBr)c(Br)c1. The largest absolute Gasteiger partial charge is 0.450 e. The van der Waals surface area contributed by atoms with Crippen molar-refractivity contribution in [3.63, 3.8) is 0 Å². The van der Waals surface area contributed by atoms with Gasteiger partial charge in [0.05, 0.1) is 15.0 Å². The maximum Gasteiger partial charge on any atom is 0.313 e. The molecule has 0 spiro atoms. The third kappa shape index (κ3) is 3.88. The number of halogens is 4. The van der Waals surface area contributed by atoms with E-state index in [4.69, 9.17) is 27.9 Å². The predicted molar refractivity (Wildman–Crippen MR) is 90.0 cm³/mol. The van der Waals surface area contributed by atoms with Crippen molar-refractivity contribution in [3.05, 3.63) is 60.5 Å². The van der Waals surface area contributed by atoms with Crippen molar-refractivity contribution < 1.29 is 9.66 Å². The zero-order valence-electron chi connectivity index (χ0n) is 10.3. The summed E-state index contributed by atoms with van der Waals surface area (Å²) >= 11 is 18.4. The van der Waals surface area contributed by atoms with E-state index in [1.807, 2.05) is 6.07 Å². The first-order valence-electron chi connectivity index (χ1n) is 5.58. The summed E-state index contributed by atoms with van der Waals surface area (Å²) in [5, 5.41) is 12.0. The first kappa shape index (κ1) is 16.5. The summed E-state index contributed by atoms with van der Waals surface area (Å²) in [6.07, 6.45) is 0. The standard InChI is InChI=1S/C13H7Br2Cl2NO3/c14-6-7-1-2-8(3-9(7)15)21-13-5-11(17)10(16)4-12(13)18(19)20/h1-5H,6H2. The van der Waals surface area contributed by atoms with Crippen LogP contribution in [-0.2, 0) is 5.33 Å². The maximum atomic E-state index is 11.1. The molecule has 0 atom stereocenters. The van der Waals surface area contributed by atoms with Crippen LogP contribution >= 0.6 is 55.1 Å². The van der Waals surface area contributed by atoms with Crippen LogP contribution in [-0.4, -0.2) is 4.92 Å². The molecular formula is C13H7Br2Cl2NO3. The molecule has 0 amide bonds. The summed E-state index contributed by atoms with van der Waals surface area (Å²) in [5.41, 5.74) is 0.788. The minimum atomic E-state index is -0.570. The summed E-state index contributed by atoms with van der Waals surface area (Å²) in [6, 6.07) is 7.78. The van der Waals surface area contributed by atoms with Crippen molar-refractivity contribution in [2.75, 3.05) is 0 Å². The number of hydrogen-bond donors (Lipinski definition) is 0. The lowest BCUT2D eigenvalue weighted by Gasteiger charge is -2.09. The topological polar surface area (TPSA) is 52.4 Å². The van der Waals surface area contributed by atoms with Crippen molar-refractivity contribution in [1.29, 1.82) is 0 Å². The number of benzene rings is 2. The van der Waals surface area contributed by atoms with Gasteiger partial charge in [0.25, 0.3) is 0 Å². The van der Waals surface area contributed by atoms with E-state index in [0.717, 1.165) is 10.0 Å². The summed E-state index contributed by atoms with van der Waals surface area (Å²) in [6.45, 7) is 0. The first-order valence-corrected chi connectivity index (χ1v) is 8.25. The van der Waals surface area contributed by atoms with Gasteiger partial charge in [-0.15, -0.1) is 0 Å². The molecule has 2 aromatic rings. The minimum Gasteiger partial charge on any atom is -0.450 e. The molecule has 0 saturated heterocycles. The first-order chi connectivity index (χ1) is 9.92. The molecule has 0 aliphatic heterocycles. The lowest BCUT2D eigenvalue weighted by atomic mass is 10.2. The molecule has 4 nitrogen and oxygen atoms in total. The highest BCUT2D eigenvalue weighted by atomic mass is 79.9. The second-order valence-corrected chi connectivity index (χ2v) is 6.21. The molecule has 0 fully saturated rings. The van der Waals surface area contributed by atoms with Gasteiger partial charge in [-0.3, -0.25) is 10.1 Å². The maximum absolute atomic E-state index is 11.1. The molecule has 2 aromatic carbocycles. The molecular weight excluding hydrogens is 449 g/mol. The fourth-order valence-electron chi connectivity index (χ4n) is 1.57. The average Bonchev–Trinajstić information content (AvgIpc) is 2.42. The van der Waals surface area contributed by atoms with Crippen molar-refractivity contribution in [1.82, 2.24) is 0 Å². The van der Waals surface area contributed by atoms with Gasteiger partial charge in [-0.05, 0) is 17.7 Å². The van der Waals surface area contributed by atoms with E-state index >= 15 is 0 Å². The molecule has 0 heterocycles. The predicted octanol–water partition coefficient (Wildman–Crippen LogP) is 6.35. The van der Waals surface area contributed by atoms with Gasteiger partial charge < -0.3 is 4.74 Å². The smallest absolute Gasteiger partial charge is 0.313 e. The van der Waals surface area contributed by atoms with Gasteiger partial charge in [0, 0.05) is 21.9 Å². The van der Waals surface area contributed by atoms with Crippen molar-refractivity contribution in [2.45, 2.75) is 5.33 Å². The van der Waals surface area contributed by atoms with Gasteiger partial charge in [0.2, 0.25) is 5.75 Å². The molecule has 0 aromatic heterocycles. The van der Waals surface area contributed by atoms with Gasteiger partial charge in [-0.2, -0.15) is 0 Å². The van der Waals surface area contributed by atoms with Crippen molar-refractivity contribution >= 4 is 60.7 Å². The molecule has 0 bridgehead atoms. The highest BCUT2D eigenvalue weighted by Gasteiger charge is 2.19. The molecule has 0 N–H and O–H groups in total. The zero-order chi connectivity index (χ0) is 15.6. The van der Waals surface area contributed by atoms with E-state index in [1.54, 1.807) is 12.1 Å². The summed E-state index contributed by atoms with van der Waals surface area (Å²) in [4.78, 5) is 10.5. The van der Waals surface area contributed by atoms with Crippen LogP contribution in [0, 0.1) is 10.1 Å². The average molecular weight is 456 g/mol. The molecule has 0 aliphatic carbocycles. The lowest BCUT2D eigenvalue weighted by molar-refractivity contribution is -0.385. The summed E-state index contributed by atoms with van der Waals surface area (Å²) < 4.78 is 6.39. The Hall–Kier alpha value is -0.820. The molecule has 8 heteroatoms.